The van der Waals surface area contributed by atoms with Gasteiger partial charge in [-0.15, -0.1) is 11.3 Å². The van der Waals surface area contributed by atoms with Crippen molar-refractivity contribution in [1.82, 2.24) is 10.2 Å². The number of likely N-dealkylation sites (tertiary alicyclic amines) is 1. The molecule has 2 fully saturated rings. The maximum atomic E-state index is 12.1. The third-order valence-electron chi connectivity index (χ3n) is 4.20. The molecule has 2 aliphatic rings. The van der Waals surface area contributed by atoms with E-state index in [-0.39, 0.29) is 6.03 Å². The summed E-state index contributed by atoms with van der Waals surface area (Å²) in [5.41, 5.74) is 0. The number of hydrogen-bond acceptors (Lipinski definition) is 3. The Morgan fingerprint density at radius 3 is 2.71 bits per heavy atom. The standard InChI is InChI=1S/C16H24N2O2S/c1-12-2-5-15(21-12)10-17-16(19)18-8-6-14(7-9-18)20-11-13-3-4-13/h2,5,13-14H,3-4,6-11H2,1H3,(H,17,19). The van der Waals surface area contributed by atoms with Crippen LogP contribution in [0, 0.1) is 12.8 Å². The average molecular weight is 308 g/mol. The lowest BCUT2D eigenvalue weighted by Crippen LogP contribution is -2.45. The number of thiophene rings is 1. The highest BCUT2D eigenvalue weighted by Gasteiger charge is 2.26. The Hall–Kier alpha value is -1.07. The molecule has 4 nitrogen and oxygen atoms in total. The third kappa shape index (κ3) is 4.45. The molecule has 2 heterocycles. The van der Waals surface area contributed by atoms with Crippen LogP contribution in [0.1, 0.15) is 35.4 Å². The van der Waals surface area contributed by atoms with Crippen LogP contribution in [0.25, 0.3) is 0 Å². The Kier molecular flexibility index (Phi) is 4.80. The van der Waals surface area contributed by atoms with Gasteiger partial charge in [0.2, 0.25) is 0 Å². The molecule has 2 amide bonds. The molecule has 0 unspecified atom stereocenters. The van der Waals surface area contributed by atoms with Crippen LogP contribution in [-0.4, -0.2) is 36.7 Å². The van der Waals surface area contributed by atoms with Crippen molar-refractivity contribution in [2.75, 3.05) is 19.7 Å². The Morgan fingerprint density at radius 1 is 1.33 bits per heavy atom. The van der Waals surface area contributed by atoms with E-state index in [2.05, 4.69) is 24.4 Å². The molecule has 21 heavy (non-hydrogen) atoms. The van der Waals surface area contributed by atoms with Crippen molar-refractivity contribution in [2.24, 2.45) is 5.92 Å². The molecular weight excluding hydrogens is 284 g/mol. The first-order valence-electron chi connectivity index (χ1n) is 7.90. The van der Waals surface area contributed by atoms with E-state index in [0.717, 1.165) is 38.5 Å². The number of nitrogens with zero attached hydrogens (tertiary/aromatic N) is 1. The van der Waals surface area contributed by atoms with Crippen LogP contribution in [0.5, 0.6) is 0 Å². The molecule has 0 radical (unpaired) electrons. The van der Waals surface area contributed by atoms with Crippen LogP contribution in [-0.2, 0) is 11.3 Å². The minimum absolute atomic E-state index is 0.0571. The zero-order chi connectivity index (χ0) is 14.7. The van der Waals surface area contributed by atoms with Crippen molar-refractivity contribution in [3.63, 3.8) is 0 Å². The van der Waals surface area contributed by atoms with E-state index in [9.17, 15) is 4.79 Å². The average Bonchev–Trinajstić information content (AvgIpc) is 3.24. The largest absolute Gasteiger partial charge is 0.378 e. The van der Waals surface area contributed by atoms with Gasteiger partial charge in [0.15, 0.2) is 0 Å². The zero-order valence-corrected chi connectivity index (χ0v) is 13.5. The number of nitrogens with one attached hydrogen (secondary N) is 1. The fourth-order valence-electron chi connectivity index (χ4n) is 2.64. The molecule has 1 saturated heterocycles. The second-order valence-electron chi connectivity index (χ2n) is 6.13. The summed E-state index contributed by atoms with van der Waals surface area (Å²) < 4.78 is 5.91. The summed E-state index contributed by atoms with van der Waals surface area (Å²) in [6.07, 6.45) is 4.97. The fourth-order valence-corrected chi connectivity index (χ4v) is 3.47. The Morgan fingerprint density at radius 2 is 2.10 bits per heavy atom. The molecule has 1 aliphatic heterocycles. The number of urea groups is 1. The Balaban J connectivity index is 1.35. The number of aryl methyl sites for hydroxylation is 1. The molecule has 0 atom stereocenters. The first-order valence-corrected chi connectivity index (χ1v) is 8.72. The highest BCUT2D eigenvalue weighted by molar-refractivity contribution is 7.11. The zero-order valence-electron chi connectivity index (χ0n) is 12.6. The van der Waals surface area contributed by atoms with Crippen LogP contribution in [0.3, 0.4) is 0 Å². The summed E-state index contributed by atoms with van der Waals surface area (Å²) in [7, 11) is 0. The monoisotopic (exact) mass is 308 g/mol. The maximum Gasteiger partial charge on any atom is 0.317 e. The van der Waals surface area contributed by atoms with Crippen LogP contribution in [0.15, 0.2) is 12.1 Å². The summed E-state index contributed by atoms with van der Waals surface area (Å²) in [6.45, 7) is 5.27. The molecular formula is C16H24N2O2S. The number of piperidine rings is 1. The lowest BCUT2D eigenvalue weighted by Gasteiger charge is -2.32. The number of ether oxygens (including phenoxy) is 1. The number of carbonyl (C=O) groups excluding carboxylic acids is 1. The van der Waals surface area contributed by atoms with Crippen LogP contribution < -0.4 is 5.32 Å². The first-order chi connectivity index (χ1) is 10.2. The summed E-state index contributed by atoms with van der Waals surface area (Å²) in [6, 6.07) is 4.23. The third-order valence-corrected chi connectivity index (χ3v) is 5.20. The van der Waals surface area contributed by atoms with E-state index in [1.807, 2.05) is 4.90 Å². The molecule has 1 aromatic heterocycles. The van der Waals surface area contributed by atoms with Gasteiger partial charge in [-0.1, -0.05) is 0 Å². The molecule has 3 rings (SSSR count). The van der Waals surface area contributed by atoms with Gasteiger partial charge >= 0.3 is 6.03 Å². The van der Waals surface area contributed by atoms with Gasteiger partial charge in [0.05, 0.1) is 12.6 Å². The van der Waals surface area contributed by atoms with Crippen molar-refractivity contribution in [3.05, 3.63) is 21.9 Å². The van der Waals surface area contributed by atoms with Gasteiger partial charge in [-0.3, -0.25) is 0 Å². The van der Waals surface area contributed by atoms with Gasteiger partial charge < -0.3 is 15.0 Å². The first kappa shape index (κ1) is 14.9. The summed E-state index contributed by atoms with van der Waals surface area (Å²) >= 11 is 1.74. The fraction of sp³-hybridized carbons (Fsp3) is 0.688. The van der Waals surface area contributed by atoms with Gasteiger partial charge in [0.25, 0.3) is 0 Å². The minimum atomic E-state index is 0.0571. The van der Waals surface area contributed by atoms with E-state index < -0.39 is 0 Å². The highest BCUT2D eigenvalue weighted by Crippen LogP contribution is 2.30. The lowest BCUT2D eigenvalue weighted by molar-refractivity contribution is 0.00946. The summed E-state index contributed by atoms with van der Waals surface area (Å²) in [4.78, 5) is 16.6. The van der Waals surface area contributed by atoms with E-state index in [1.165, 1.54) is 22.6 Å². The van der Waals surface area contributed by atoms with Crippen molar-refractivity contribution in [1.29, 1.82) is 0 Å². The number of rotatable bonds is 5. The van der Waals surface area contributed by atoms with Crippen LogP contribution in [0.4, 0.5) is 4.79 Å². The normalized spacial score (nSPS) is 19.8. The predicted molar refractivity (Wildman–Crippen MR) is 84.6 cm³/mol. The molecule has 116 valence electrons. The second kappa shape index (κ2) is 6.79. The Bertz CT molecular complexity index is 476. The molecule has 5 heteroatoms. The molecule has 0 aromatic carbocycles. The summed E-state index contributed by atoms with van der Waals surface area (Å²) in [5, 5.41) is 3.01. The van der Waals surface area contributed by atoms with Gasteiger partial charge in [-0.2, -0.15) is 0 Å². The summed E-state index contributed by atoms with van der Waals surface area (Å²) in [5.74, 6) is 0.820. The van der Waals surface area contributed by atoms with Crippen LogP contribution >= 0.6 is 11.3 Å². The SMILES string of the molecule is Cc1ccc(CNC(=O)N2CCC(OCC3CC3)CC2)s1. The van der Waals surface area contributed by atoms with E-state index >= 15 is 0 Å². The highest BCUT2D eigenvalue weighted by atomic mass is 32.1. The van der Waals surface area contributed by atoms with E-state index in [4.69, 9.17) is 4.74 Å². The van der Waals surface area contributed by atoms with Gasteiger partial charge in [-0.25, -0.2) is 4.79 Å². The van der Waals surface area contributed by atoms with Crippen LogP contribution in [0.2, 0.25) is 0 Å². The Labute approximate surface area is 130 Å². The van der Waals surface area contributed by atoms with Crippen molar-refractivity contribution in [2.45, 2.75) is 45.3 Å². The number of carbonyl (C=O) groups is 1. The van der Waals surface area contributed by atoms with Gasteiger partial charge in [0.1, 0.15) is 0 Å². The molecule has 1 aliphatic carbocycles. The smallest absolute Gasteiger partial charge is 0.317 e. The number of hydrogen-bond donors (Lipinski definition) is 1. The molecule has 1 saturated carbocycles. The topological polar surface area (TPSA) is 41.6 Å². The van der Waals surface area contributed by atoms with Crippen molar-refractivity contribution in [3.8, 4) is 0 Å². The van der Waals surface area contributed by atoms with Crippen molar-refractivity contribution < 1.29 is 9.53 Å². The number of amides is 2. The minimum Gasteiger partial charge on any atom is -0.378 e. The van der Waals surface area contributed by atoms with Gasteiger partial charge in [-0.05, 0) is 50.7 Å². The quantitative estimate of drug-likeness (QED) is 0.908. The molecule has 0 spiro atoms. The van der Waals surface area contributed by atoms with Gasteiger partial charge in [0, 0.05) is 29.5 Å². The van der Waals surface area contributed by atoms with Crippen molar-refractivity contribution >= 4 is 17.4 Å². The maximum absolute atomic E-state index is 12.1. The second-order valence-corrected chi connectivity index (χ2v) is 7.51. The molecule has 0 bridgehead atoms. The predicted octanol–water partition coefficient (Wildman–Crippen LogP) is 3.16. The van der Waals surface area contributed by atoms with E-state index in [0.29, 0.717) is 12.6 Å². The van der Waals surface area contributed by atoms with E-state index in [1.54, 1.807) is 11.3 Å². The lowest BCUT2D eigenvalue weighted by atomic mass is 10.1. The molecule has 1 aromatic rings. The molecule has 1 N–H and O–H groups in total.